The summed E-state index contributed by atoms with van der Waals surface area (Å²) < 4.78 is 0. The molecule has 1 aromatic carbocycles. The van der Waals surface area contributed by atoms with E-state index >= 15 is 0 Å². The SMILES string of the molecule is CCC[B]c1ccccc1. The van der Waals surface area contributed by atoms with Crippen molar-refractivity contribution in [2.75, 3.05) is 0 Å². The summed E-state index contributed by atoms with van der Waals surface area (Å²) in [5.74, 6) is 0. The van der Waals surface area contributed by atoms with Crippen molar-refractivity contribution in [1.29, 1.82) is 0 Å². The van der Waals surface area contributed by atoms with E-state index in [2.05, 4.69) is 38.5 Å². The minimum atomic E-state index is 1.18. The Hall–Kier alpha value is -0.715. The van der Waals surface area contributed by atoms with Crippen LogP contribution in [0.25, 0.3) is 0 Å². The molecule has 0 atom stereocenters. The molecule has 0 N–H and O–H groups in total. The molecule has 0 saturated heterocycles. The summed E-state index contributed by atoms with van der Waals surface area (Å²) in [7, 11) is 2.26. The van der Waals surface area contributed by atoms with Crippen LogP contribution < -0.4 is 5.46 Å². The zero-order valence-corrected chi connectivity index (χ0v) is 6.38. The van der Waals surface area contributed by atoms with Gasteiger partial charge in [-0.2, -0.15) is 0 Å². The summed E-state index contributed by atoms with van der Waals surface area (Å²) in [6, 6.07) is 10.5. The van der Waals surface area contributed by atoms with Gasteiger partial charge in [-0.1, -0.05) is 55.5 Å². The molecule has 0 amide bonds. The first kappa shape index (κ1) is 7.39. The topological polar surface area (TPSA) is 0 Å². The molecule has 1 rings (SSSR count). The average molecular weight is 131 g/mol. The van der Waals surface area contributed by atoms with E-state index in [1.807, 2.05) is 6.07 Å². The van der Waals surface area contributed by atoms with Crippen LogP contribution in [0.4, 0.5) is 0 Å². The molecule has 0 aromatic heterocycles. The highest BCUT2D eigenvalue weighted by atomic mass is 13.8. The Morgan fingerprint density at radius 2 is 1.90 bits per heavy atom. The number of hydrogen-bond acceptors (Lipinski definition) is 0. The van der Waals surface area contributed by atoms with Crippen LogP contribution in [0.15, 0.2) is 30.3 Å². The standard InChI is InChI=1S/C9H12B/c1-2-8-10-9-6-4-3-5-7-9/h3-7H,2,8H2,1H3. The van der Waals surface area contributed by atoms with Gasteiger partial charge in [-0.25, -0.2) is 0 Å². The van der Waals surface area contributed by atoms with Gasteiger partial charge in [0.1, 0.15) is 0 Å². The van der Waals surface area contributed by atoms with E-state index in [9.17, 15) is 0 Å². The minimum Gasteiger partial charge on any atom is -0.0878 e. The summed E-state index contributed by atoms with van der Waals surface area (Å²) in [5, 5.41) is 0. The Morgan fingerprint density at radius 3 is 2.50 bits per heavy atom. The summed E-state index contributed by atoms with van der Waals surface area (Å²) in [4.78, 5) is 0. The maximum absolute atomic E-state index is 2.26. The maximum Gasteiger partial charge on any atom is 0.151 e. The third-order valence-corrected chi connectivity index (χ3v) is 1.47. The van der Waals surface area contributed by atoms with Gasteiger partial charge in [0.05, 0.1) is 0 Å². The van der Waals surface area contributed by atoms with Crippen molar-refractivity contribution < 1.29 is 0 Å². The lowest BCUT2D eigenvalue weighted by atomic mass is 9.67. The van der Waals surface area contributed by atoms with Crippen LogP contribution >= 0.6 is 0 Å². The third-order valence-electron chi connectivity index (χ3n) is 1.47. The molecular formula is C9H12B. The van der Waals surface area contributed by atoms with Gasteiger partial charge in [-0.15, -0.1) is 0 Å². The lowest BCUT2D eigenvalue weighted by molar-refractivity contribution is 1.08. The van der Waals surface area contributed by atoms with Crippen molar-refractivity contribution >= 4 is 12.7 Å². The van der Waals surface area contributed by atoms with Crippen molar-refractivity contribution in [2.24, 2.45) is 0 Å². The minimum absolute atomic E-state index is 1.18. The highest BCUT2D eigenvalue weighted by Crippen LogP contribution is 1.87. The predicted octanol–water partition coefficient (Wildman–Crippen LogP) is 1.84. The molecule has 0 nitrogen and oxygen atoms in total. The Balaban J connectivity index is 2.43. The smallest absolute Gasteiger partial charge is 0.0878 e. The Labute approximate surface area is 63.5 Å². The highest BCUT2D eigenvalue weighted by Gasteiger charge is 1.90. The van der Waals surface area contributed by atoms with Crippen molar-refractivity contribution in [1.82, 2.24) is 0 Å². The summed E-state index contributed by atoms with van der Waals surface area (Å²) in [6.45, 7) is 2.19. The van der Waals surface area contributed by atoms with Crippen molar-refractivity contribution in [2.45, 2.75) is 19.7 Å². The molecule has 0 bridgehead atoms. The van der Waals surface area contributed by atoms with Gasteiger partial charge in [0.2, 0.25) is 0 Å². The maximum atomic E-state index is 2.26. The third kappa shape index (κ3) is 2.26. The van der Waals surface area contributed by atoms with E-state index in [-0.39, 0.29) is 0 Å². The summed E-state index contributed by atoms with van der Waals surface area (Å²) in [6.07, 6.45) is 2.42. The lowest BCUT2D eigenvalue weighted by Crippen LogP contribution is -2.11. The van der Waals surface area contributed by atoms with Crippen LogP contribution in [0.5, 0.6) is 0 Å². The molecule has 1 radical (unpaired) electrons. The van der Waals surface area contributed by atoms with Crippen molar-refractivity contribution in [3.05, 3.63) is 30.3 Å². The van der Waals surface area contributed by atoms with E-state index in [0.29, 0.717) is 0 Å². The number of benzene rings is 1. The first-order valence-corrected chi connectivity index (χ1v) is 3.81. The van der Waals surface area contributed by atoms with E-state index in [1.165, 1.54) is 18.2 Å². The molecule has 1 aromatic rings. The normalized spacial score (nSPS) is 9.30. The van der Waals surface area contributed by atoms with Gasteiger partial charge in [-0.3, -0.25) is 0 Å². The molecule has 0 fully saturated rings. The molecule has 0 saturated carbocycles. The second-order valence-corrected chi connectivity index (χ2v) is 2.40. The van der Waals surface area contributed by atoms with Crippen molar-refractivity contribution in [3.8, 4) is 0 Å². The van der Waals surface area contributed by atoms with Gasteiger partial charge < -0.3 is 0 Å². The fraction of sp³-hybridized carbons (Fsp3) is 0.333. The van der Waals surface area contributed by atoms with Gasteiger partial charge >= 0.3 is 0 Å². The first-order valence-electron chi connectivity index (χ1n) is 3.81. The van der Waals surface area contributed by atoms with Crippen LogP contribution in [0, 0.1) is 0 Å². The second kappa shape index (κ2) is 4.16. The van der Waals surface area contributed by atoms with Gasteiger partial charge in [0.25, 0.3) is 0 Å². The fourth-order valence-corrected chi connectivity index (χ4v) is 0.900. The Bertz CT molecular complexity index is 169. The zero-order chi connectivity index (χ0) is 7.23. The largest absolute Gasteiger partial charge is 0.151 e. The second-order valence-electron chi connectivity index (χ2n) is 2.40. The van der Waals surface area contributed by atoms with Crippen LogP contribution in [-0.2, 0) is 0 Å². The predicted molar refractivity (Wildman–Crippen MR) is 46.9 cm³/mol. The van der Waals surface area contributed by atoms with Gasteiger partial charge in [-0.05, 0) is 0 Å². The van der Waals surface area contributed by atoms with E-state index in [1.54, 1.807) is 0 Å². The summed E-state index contributed by atoms with van der Waals surface area (Å²) >= 11 is 0. The molecule has 10 heavy (non-hydrogen) atoms. The fourth-order valence-electron chi connectivity index (χ4n) is 0.900. The number of rotatable bonds is 3. The quantitative estimate of drug-likeness (QED) is 0.549. The molecule has 1 heteroatoms. The van der Waals surface area contributed by atoms with Crippen LogP contribution in [0.2, 0.25) is 6.32 Å². The zero-order valence-electron chi connectivity index (χ0n) is 6.38. The molecule has 0 heterocycles. The van der Waals surface area contributed by atoms with Gasteiger partial charge in [0.15, 0.2) is 7.28 Å². The van der Waals surface area contributed by atoms with E-state index < -0.39 is 0 Å². The molecule has 0 aliphatic heterocycles. The summed E-state index contributed by atoms with van der Waals surface area (Å²) in [5.41, 5.74) is 1.34. The molecule has 0 aliphatic rings. The van der Waals surface area contributed by atoms with E-state index in [0.717, 1.165) is 0 Å². The highest BCUT2D eigenvalue weighted by molar-refractivity contribution is 6.53. The van der Waals surface area contributed by atoms with Crippen molar-refractivity contribution in [3.63, 3.8) is 0 Å². The van der Waals surface area contributed by atoms with Crippen LogP contribution in [-0.4, -0.2) is 7.28 Å². The van der Waals surface area contributed by atoms with Gasteiger partial charge in [0, 0.05) is 0 Å². The Morgan fingerprint density at radius 1 is 1.20 bits per heavy atom. The van der Waals surface area contributed by atoms with Crippen LogP contribution in [0.1, 0.15) is 13.3 Å². The molecule has 51 valence electrons. The molecule has 0 spiro atoms. The molecule has 0 aliphatic carbocycles. The monoisotopic (exact) mass is 131 g/mol. The average Bonchev–Trinajstić information content (AvgIpc) is 2.03. The van der Waals surface area contributed by atoms with E-state index in [4.69, 9.17) is 0 Å². The lowest BCUT2D eigenvalue weighted by Gasteiger charge is -1.94. The Kier molecular flexibility index (Phi) is 3.07. The van der Waals surface area contributed by atoms with Crippen LogP contribution in [0.3, 0.4) is 0 Å². The molecular weight excluding hydrogens is 119 g/mol. The number of hydrogen-bond donors (Lipinski definition) is 0. The first-order chi connectivity index (χ1) is 4.93. The molecule has 0 unspecified atom stereocenters.